The number of carboxylic acids is 1. The van der Waals surface area contributed by atoms with E-state index in [4.69, 9.17) is 9.84 Å². The van der Waals surface area contributed by atoms with Crippen LogP contribution in [0.5, 0.6) is 0 Å². The first kappa shape index (κ1) is 17.5. The molecule has 1 atom stereocenters. The van der Waals surface area contributed by atoms with E-state index < -0.39 is 11.9 Å². The van der Waals surface area contributed by atoms with Crippen molar-refractivity contribution in [2.75, 3.05) is 18.5 Å². The second kappa shape index (κ2) is 7.59. The van der Waals surface area contributed by atoms with Crippen molar-refractivity contribution in [3.63, 3.8) is 0 Å². The summed E-state index contributed by atoms with van der Waals surface area (Å²) in [5, 5.41) is 12.1. The first-order valence-corrected chi connectivity index (χ1v) is 8.20. The van der Waals surface area contributed by atoms with Crippen LogP contribution < -0.4 is 5.32 Å². The molecule has 1 amide bonds. The lowest BCUT2D eigenvalue weighted by molar-refractivity contribution is -0.138. The Kier molecular flexibility index (Phi) is 5.77. The number of nitrogens with one attached hydrogen (secondary N) is 1. The van der Waals surface area contributed by atoms with Gasteiger partial charge < -0.3 is 15.2 Å². The molecule has 126 valence electrons. The Balaban J connectivity index is 2.04. The number of carboxylic acid groups (broad SMARTS) is 1. The van der Waals surface area contributed by atoms with E-state index in [0.717, 1.165) is 25.7 Å². The Morgan fingerprint density at radius 1 is 1.39 bits per heavy atom. The van der Waals surface area contributed by atoms with Crippen LogP contribution in [0.25, 0.3) is 0 Å². The smallest absolute Gasteiger partial charge is 0.310 e. The summed E-state index contributed by atoms with van der Waals surface area (Å²) < 4.78 is 5.40. The standard InChI is InChI=1S/C18H25NO4/c1-3-23-11-10-18(8-5-9-18)17(22)19-15-7-4-6-14(12-15)13(2)16(20)21/h4,6-7,12-13H,3,5,8-11H2,1-2H3,(H,19,22)(H,20,21). The fourth-order valence-electron chi connectivity index (χ4n) is 2.90. The lowest BCUT2D eigenvalue weighted by atomic mass is 9.66. The van der Waals surface area contributed by atoms with Crippen molar-refractivity contribution < 1.29 is 19.4 Å². The predicted molar refractivity (Wildman–Crippen MR) is 88.5 cm³/mol. The molecular formula is C18H25NO4. The molecule has 1 unspecified atom stereocenters. The van der Waals surface area contributed by atoms with Gasteiger partial charge in [-0.3, -0.25) is 9.59 Å². The fraction of sp³-hybridized carbons (Fsp3) is 0.556. The van der Waals surface area contributed by atoms with Gasteiger partial charge in [0.1, 0.15) is 0 Å². The van der Waals surface area contributed by atoms with Crippen molar-refractivity contribution >= 4 is 17.6 Å². The fourth-order valence-corrected chi connectivity index (χ4v) is 2.90. The van der Waals surface area contributed by atoms with Crippen LogP contribution in [-0.4, -0.2) is 30.2 Å². The number of benzene rings is 1. The third kappa shape index (κ3) is 4.10. The van der Waals surface area contributed by atoms with Gasteiger partial charge in [0.25, 0.3) is 0 Å². The van der Waals surface area contributed by atoms with Crippen molar-refractivity contribution in [1.82, 2.24) is 0 Å². The quantitative estimate of drug-likeness (QED) is 0.720. The molecule has 1 aromatic carbocycles. The highest BCUT2D eigenvalue weighted by atomic mass is 16.5. The monoisotopic (exact) mass is 319 g/mol. The van der Waals surface area contributed by atoms with Gasteiger partial charge in [-0.25, -0.2) is 0 Å². The van der Waals surface area contributed by atoms with Gasteiger partial charge in [-0.15, -0.1) is 0 Å². The van der Waals surface area contributed by atoms with Crippen LogP contribution >= 0.6 is 0 Å². The molecule has 0 heterocycles. The topological polar surface area (TPSA) is 75.6 Å². The van der Waals surface area contributed by atoms with E-state index in [1.807, 2.05) is 6.92 Å². The SMILES string of the molecule is CCOCCC1(C(=O)Nc2cccc(C(C)C(=O)O)c2)CCC1. The third-order valence-electron chi connectivity index (χ3n) is 4.74. The number of ether oxygens (including phenoxy) is 1. The van der Waals surface area contributed by atoms with Crippen molar-refractivity contribution in [3.05, 3.63) is 29.8 Å². The summed E-state index contributed by atoms with van der Waals surface area (Å²) >= 11 is 0. The third-order valence-corrected chi connectivity index (χ3v) is 4.74. The number of hydrogen-bond acceptors (Lipinski definition) is 3. The van der Waals surface area contributed by atoms with E-state index in [-0.39, 0.29) is 11.3 Å². The van der Waals surface area contributed by atoms with E-state index >= 15 is 0 Å². The van der Waals surface area contributed by atoms with Crippen molar-refractivity contribution in [1.29, 1.82) is 0 Å². The molecule has 5 heteroatoms. The van der Waals surface area contributed by atoms with E-state index in [2.05, 4.69) is 5.32 Å². The van der Waals surface area contributed by atoms with Gasteiger partial charge in [-0.2, -0.15) is 0 Å². The lowest BCUT2D eigenvalue weighted by Crippen LogP contribution is -2.42. The Hall–Kier alpha value is -1.88. The molecule has 1 aromatic rings. The molecule has 1 aliphatic rings. The number of carbonyl (C=O) groups is 2. The van der Waals surface area contributed by atoms with Crippen LogP contribution in [0.3, 0.4) is 0 Å². The molecule has 0 saturated heterocycles. The Morgan fingerprint density at radius 3 is 2.70 bits per heavy atom. The van der Waals surface area contributed by atoms with Crippen LogP contribution in [0.15, 0.2) is 24.3 Å². The van der Waals surface area contributed by atoms with E-state index in [9.17, 15) is 9.59 Å². The number of hydrogen-bond donors (Lipinski definition) is 2. The minimum absolute atomic E-state index is 0.0172. The van der Waals surface area contributed by atoms with E-state index in [1.54, 1.807) is 31.2 Å². The largest absolute Gasteiger partial charge is 0.481 e. The molecule has 0 spiro atoms. The minimum Gasteiger partial charge on any atom is -0.481 e. The van der Waals surface area contributed by atoms with Crippen LogP contribution in [-0.2, 0) is 14.3 Å². The molecule has 1 aliphatic carbocycles. The predicted octanol–water partition coefficient (Wildman–Crippen LogP) is 3.41. The molecule has 23 heavy (non-hydrogen) atoms. The van der Waals surface area contributed by atoms with Gasteiger partial charge >= 0.3 is 5.97 Å². The maximum absolute atomic E-state index is 12.6. The molecule has 1 fully saturated rings. The van der Waals surface area contributed by atoms with Crippen molar-refractivity contribution in [2.45, 2.75) is 45.4 Å². The average Bonchev–Trinajstić information content (AvgIpc) is 2.49. The van der Waals surface area contributed by atoms with Crippen LogP contribution in [0, 0.1) is 5.41 Å². The zero-order valence-electron chi connectivity index (χ0n) is 13.8. The zero-order valence-corrected chi connectivity index (χ0v) is 13.8. The normalized spacial score (nSPS) is 17.1. The highest BCUT2D eigenvalue weighted by Gasteiger charge is 2.43. The summed E-state index contributed by atoms with van der Waals surface area (Å²) in [6, 6.07) is 7.08. The number of carbonyl (C=O) groups excluding carboxylic acids is 1. The number of rotatable bonds is 8. The highest BCUT2D eigenvalue weighted by Crippen LogP contribution is 2.45. The number of aliphatic carboxylic acids is 1. The van der Waals surface area contributed by atoms with Crippen molar-refractivity contribution in [3.8, 4) is 0 Å². The molecule has 1 saturated carbocycles. The molecular weight excluding hydrogens is 294 g/mol. The molecule has 0 radical (unpaired) electrons. The van der Waals surface area contributed by atoms with Crippen LogP contribution in [0.1, 0.15) is 51.0 Å². The van der Waals surface area contributed by atoms with Gasteiger partial charge in [0.2, 0.25) is 5.91 Å². The summed E-state index contributed by atoms with van der Waals surface area (Å²) in [6.07, 6.45) is 3.57. The first-order valence-electron chi connectivity index (χ1n) is 8.20. The maximum Gasteiger partial charge on any atom is 0.310 e. The summed E-state index contributed by atoms with van der Waals surface area (Å²) in [5.41, 5.74) is 1.01. The van der Waals surface area contributed by atoms with Gasteiger partial charge in [-0.1, -0.05) is 18.6 Å². The molecule has 0 aliphatic heterocycles. The molecule has 5 nitrogen and oxygen atoms in total. The minimum atomic E-state index is -0.874. The summed E-state index contributed by atoms with van der Waals surface area (Å²) in [7, 11) is 0. The molecule has 2 N–H and O–H groups in total. The summed E-state index contributed by atoms with van der Waals surface area (Å²) in [6.45, 7) is 4.84. The molecule has 0 aromatic heterocycles. The Labute approximate surface area is 137 Å². The first-order chi connectivity index (χ1) is 11.0. The summed E-state index contributed by atoms with van der Waals surface area (Å²) in [4.78, 5) is 23.7. The second-order valence-corrected chi connectivity index (χ2v) is 6.22. The number of amides is 1. The maximum atomic E-state index is 12.6. The second-order valence-electron chi connectivity index (χ2n) is 6.22. The van der Waals surface area contributed by atoms with Crippen LogP contribution in [0.2, 0.25) is 0 Å². The summed E-state index contributed by atoms with van der Waals surface area (Å²) in [5.74, 6) is -1.45. The number of anilines is 1. The Morgan fingerprint density at radius 2 is 2.13 bits per heavy atom. The van der Waals surface area contributed by atoms with Gasteiger partial charge in [0, 0.05) is 18.9 Å². The highest BCUT2D eigenvalue weighted by molar-refractivity contribution is 5.96. The average molecular weight is 319 g/mol. The Bertz CT molecular complexity index is 566. The van der Waals surface area contributed by atoms with Crippen LogP contribution in [0.4, 0.5) is 5.69 Å². The van der Waals surface area contributed by atoms with Gasteiger partial charge in [-0.05, 0) is 50.8 Å². The zero-order chi connectivity index (χ0) is 16.9. The van der Waals surface area contributed by atoms with E-state index in [0.29, 0.717) is 24.5 Å². The van der Waals surface area contributed by atoms with E-state index in [1.165, 1.54) is 0 Å². The van der Waals surface area contributed by atoms with Gasteiger partial charge in [0.05, 0.1) is 11.3 Å². The van der Waals surface area contributed by atoms with Crippen molar-refractivity contribution in [2.24, 2.45) is 5.41 Å². The van der Waals surface area contributed by atoms with Gasteiger partial charge in [0.15, 0.2) is 0 Å². The molecule has 2 rings (SSSR count). The molecule has 0 bridgehead atoms. The lowest BCUT2D eigenvalue weighted by Gasteiger charge is -2.40.